The van der Waals surface area contributed by atoms with Crippen LogP contribution >= 0.6 is 31.9 Å². The standard InChI is InChI=1S/C11H12Br2O3/c1-5-3-6-7(12)9(14)8(13)11(15-2)10(6)16-4-5/h5,14H,3-4H2,1-2H3/t5-/m1/s1. The van der Waals surface area contributed by atoms with Gasteiger partial charge in [-0.1, -0.05) is 6.92 Å². The first-order valence-corrected chi connectivity index (χ1v) is 6.54. The fourth-order valence-electron chi connectivity index (χ4n) is 1.83. The lowest BCUT2D eigenvalue weighted by Crippen LogP contribution is -2.19. The van der Waals surface area contributed by atoms with Crippen molar-refractivity contribution in [1.29, 1.82) is 0 Å². The minimum Gasteiger partial charge on any atom is -0.505 e. The molecule has 0 amide bonds. The number of fused-ring (bicyclic) bond motifs is 1. The normalized spacial score (nSPS) is 18.9. The maximum Gasteiger partial charge on any atom is 0.179 e. The van der Waals surface area contributed by atoms with E-state index >= 15 is 0 Å². The van der Waals surface area contributed by atoms with Gasteiger partial charge in [-0.25, -0.2) is 0 Å². The highest BCUT2D eigenvalue weighted by Crippen LogP contribution is 2.51. The Morgan fingerprint density at radius 3 is 2.69 bits per heavy atom. The van der Waals surface area contributed by atoms with E-state index in [0.29, 0.717) is 27.2 Å². The molecule has 1 aromatic rings. The van der Waals surface area contributed by atoms with Crippen LogP contribution in [0.1, 0.15) is 12.5 Å². The molecule has 1 atom stereocenters. The molecule has 0 fully saturated rings. The number of aromatic hydroxyl groups is 1. The summed E-state index contributed by atoms with van der Waals surface area (Å²) in [6, 6.07) is 0. The molecule has 5 heteroatoms. The second kappa shape index (κ2) is 4.45. The molecule has 1 aliphatic heterocycles. The van der Waals surface area contributed by atoms with E-state index in [2.05, 4.69) is 38.8 Å². The number of benzene rings is 1. The van der Waals surface area contributed by atoms with Crippen molar-refractivity contribution in [3.8, 4) is 17.2 Å². The van der Waals surface area contributed by atoms with Crippen LogP contribution in [0.15, 0.2) is 8.95 Å². The minimum atomic E-state index is 0.160. The maximum absolute atomic E-state index is 9.93. The molecule has 88 valence electrons. The van der Waals surface area contributed by atoms with Crippen molar-refractivity contribution in [2.24, 2.45) is 5.92 Å². The summed E-state index contributed by atoms with van der Waals surface area (Å²) in [5.41, 5.74) is 0.969. The Kier molecular flexibility index (Phi) is 3.35. The molecule has 0 unspecified atom stereocenters. The van der Waals surface area contributed by atoms with Gasteiger partial charge in [-0.3, -0.25) is 0 Å². The van der Waals surface area contributed by atoms with Gasteiger partial charge in [0.1, 0.15) is 10.2 Å². The highest BCUT2D eigenvalue weighted by molar-refractivity contribution is 9.11. The lowest BCUT2D eigenvalue weighted by molar-refractivity contribution is 0.220. The fraction of sp³-hybridized carbons (Fsp3) is 0.455. The monoisotopic (exact) mass is 350 g/mol. The number of rotatable bonds is 1. The van der Waals surface area contributed by atoms with Gasteiger partial charge >= 0.3 is 0 Å². The van der Waals surface area contributed by atoms with E-state index in [1.165, 1.54) is 0 Å². The van der Waals surface area contributed by atoms with Gasteiger partial charge in [0, 0.05) is 5.56 Å². The Morgan fingerprint density at radius 2 is 2.06 bits per heavy atom. The molecule has 1 aromatic carbocycles. The molecule has 0 saturated carbocycles. The van der Waals surface area contributed by atoms with E-state index in [4.69, 9.17) is 9.47 Å². The van der Waals surface area contributed by atoms with Gasteiger partial charge in [0.2, 0.25) is 0 Å². The molecule has 16 heavy (non-hydrogen) atoms. The molecule has 0 bridgehead atoms. The molecule has 1 aliphatic rings. The number of phenols is 1. The van der Waals surface area contributed by atoms with Crippen LogP contribution in [-0.4, -0.2) is 18.8 Å². The molecule has 1 N–H and O–H groups in total. The zero-order valence-corrected chi connectivity index (χ0v) is 12.2. The average molecular weight is 352 g/mol. The van der Waals surface area contributed by atoms with E-state index < -0.39 is 0 Å². The van der Waals surface area contributed by atoms with Crippen LogP contribution in [0.4, 0.5) is 0 Å². The summed E-state index contributed by atoms with van der Waals surface area (Å²) in [7, 11) is 1.56. The van der Waals surface area contributed by atoms with Crippen molar-refractivity contribution >= 4 is 31.9 Å². The summed E-state index contributed by atoms with van der Waals surface area (Å²) in [6.07, 6.45) is 0.868. The number of halogens is 2. The van der Waals surface area contributed by atoms with Crippen molar-refractivity contribution in [3.63, 3.8) is 0 Å². The second-order valence-corrected chi connectivity index (χ2v) is 5.52. The lowest BCUT2D eigenvalue weighted by atomic mass is 9.98. The number of hydrogen-bond donors (Lipinski definition) is 1. The van der Waals surface area contributed by atoms with Crippen LogP contribution in [-0.2, 0) is 6.42 Å². The highest BCUT2D eigenvalue weighted by Gasteiger charge is 2.27. The largest absolute Gasteiger partial charge is 0.505 e. The first-order valence-electron chi connectivity index (χ1n) is 4.95. The smallest absolute Gasteiger partial charge is 0.179 e. The van der Waals surface area contributed by atoms with Crippen molar-refractivity contribution in [2.75, 3.05) is 13.7 Å². The van der Waals surface area contributed by atoms with Crippen LogP contribution in [0.2, 0.25) is 0 Å². The van der Waals surface area contributed by atoms with E-state index in [1.807, 2.05) is 0 Å². The molecule has 0 saturated heterocycles. The molecule has 0 spiro atoms. The zero-order chi connectivity index (χ0) is 11.9. The summed E-state index contributed by atoms with van der Waals surface area (Å²) in [6.45, 7) is 2.79. The van der Waals surface area contributed by atoms with Gasteiger partial charge in [-0.2, -0.15) is 0 Å². The quantitative estimate of drug-likeness (QED) is 0.841. The first-order chi connectivity index (χ1) is 7.56. The Labute approximate surface area is 111 Å². The van der Waals surface area contributed by atoms with Gasteiger partial charge in [0.25, 0.3) is 0 Å². The third kappa shape index (κ3) is 1.80. The predicted octanol–water partition coefficient (Wildman–Crippen LogP) is 3.50. The molecular weight excluding hydrogens is 340 g/mol. The summed E-state index contributed by atoms with van der Waals surface area (Å²) >= 11 is 6.69. The average Bonchev–Trinajstić information content (AvgIpc) is 2.28. The minimum absolute atomic E-state index is 0.160. The molecule has 0 radical (unpaired) electrons. The Morgan fingerprint density at radius 1 is 1.38 bits per heavy atom. The fourth-order valence-corrected chi connectivity index (χ4v) is 3.18. The topological polar surface area (TPSA) is 38.7 Å². The van der Waals surface area contributed by atoms with Crippen molar-refractivity contribution in [1.82, 2.24) is 0 Å². The van der Waals surface area contributed by atoms with E-state index in [-0.39, 0.29) is 5.75 Å². The molecule has 2 rings (SSSR count). The van der Waals surface area contributed by atoms with Gasteiger partial charge in [-0.15, -0.1) is 0 Å². The van der Waals surface area contributed by atoms with Crippen LogP contribution in [0, 0.1) is 5.92 Å². The Bertz CT molecular complexity index is 432. The second-order valence-electron chi connectivity index (χ2n) is 3.94. The van der Waals surface area contributed by atoms with Crippen LogP contribution in [0.3, 0.4) is 0 Å². The molecular formula is C11H12Br2O3. The SMILES string of the molecule is COc1c(Br)c(O)c(Br)c2c1OC[C@H](C)C2. The Balaban J connectivity index is 2.66. The van der Waals surface area contributed by atoms with E-state index in [1.54, 1.807) is 7.11 Å². The summed E-state index contributed by atoms with van der Waals surface area (Å²) < 4.78 is 12.1. The molecule has 0 aromatic heterocycles. The first kappa shape index (κ1) is 12.0. The number of hydrogen-bond acceptors (Lipinski definition) is 3. The highest BCUT2D eigenvalue weighted by atomic mass is 79.9. The molecule has 0 aliphatic carbocycles. The number of methoxy groups -OCH3 is 1. The van der Waals surface area contributed by atoms with Crippen LogP contribution < -0.4 is 9.47 Å². The third-order valence-electron chi connectivity index (χ3n) is 2.63. The lowest BCUT2D eigenvalue weighted by Gasteiger charge is -2.26. The van der Waals surface area contributed by atoms with Gasteiger partial charge < -0.3 is 14.6 Å². The summed E-state index contributed by atoms with van der Waals surface area (Å²) in [5.74, 6) is 1.88. The van der Waals surface area contributed by atoms with Crippen LogP contribution in [0.25, 0.3) is 0 Å². The number of phenolic OH excluding ortho intramolecular Hbond substituents is 1. The van der Waals surface area contributed by atoms with Crippen molar-refractivity contribution in [3.05, 3.63) is 14.5 Å². The molecule has 1 heterocycles. The molecule has 3 nitrogen and oxygen atoms in total. The zero-order valence-electron chi connectivity index (χ0n) is 9.01. The van der Waals surface area contributed by atoms with E-state index in [0.717, 1.165) is 17.7 Å². The maximum atomic E-state index is 9.93. The third-order valence-corrected chi connectivity index (χ3v) is 4.22. The predicted molar refractivity (Wildman–Crippen MR) is 68.4 cm³/mol. The summed E-state index contributed by atoms with van der Waals surface area (Å²) in [5, 5.41) is 9.93. The van der Waals surface area contributed by atoms with Gasteiger partial charge in [-0.05, 0) is 44.2 Å². The van der Waals surface area contributed by atoms with Gasteiger partial charge in [0.05, 0.1) is 18.2 Å². The number of ether oxygens (including phenoxy) is 2. The summed E-state index contributed by atoms with van der Waals surface area (Å²) in [4.78, 5) is 0. The Hall–Kier alpha value is -0.420. The van der Waals surface area contributed by atoms with Crippen molar-refractivity contribution in [2.45, 2.75) is 13.3 Å². The van der Waals surface area contributed by atoms with Crippen molar-refractivity contribution < 1.29 is 14.6 Å². The van der Waals surface area contributed by atoms with E-state index in [9.17, 15) is 5.11 Å². The van der Waals surface area contributed by atoms with Gasteiger partial charge in [0.15, 0.2) is 11.5 Å². The van der Waals surface area contributed by atoms with Crippen LogP contribution in [0.5, 0.6) is 17.2 Å².